The Bertz CT molecular complexity index is 566. The van der Waals surface area contributed by atoms with Gasteiger partial charge in [0.2, 0.25) is 0 Å². The first-order chi connectivity index (χ1) is 8.86. The molecule has 1 aromatic heterocycles. The van der Waals surface area contributed by atoms with Gasteiger partial charge in [-0.2, -0.15) is 5.10 Å². The van der Waals surface area contributed by atoms with Crippen LogP contribution in [0.3, 0.4) is 0 Å². The number of nitrogens with zero attached hydrogens (tertiary/aromatic N) is 2. The highest BCUT2D eigenvalue weighted by molar-refractivity contribution is 7.71. The van der Waals surface area contributed by atoms with Crippen molar-refractivity contribution in [2.24, 2.45) is 0 Å². The fraction of sp³-hybridized carbons (Fsp3) is 0.385. The average molecular weight is 260 g/mol. The summed E-state index contributed by atoms with van der Waals surface area (Å²) in [5.74, 6) is 0.951. The lowest BCUT2D eigenvalue weighted by molar-refractivity contribution is 0.367. The fourth-order valence-electron chi connectivity index (χ4n) is 2.50. The van der Waals surface area contributed by atoms with Gasteiger partial charge in [-0.1, -0.05) is 30.3 Å². The number of rotatable bonds is 2. The molecule has 1 saturated heterocycles. The molecule has 0 atom stereocenters. The van der Waals surface area contributed by atoms with Gasteiger partial charge in [0, 0.05) is 11.6 Å². The second-order valence-corrected chi connectivity index (χ2v) is 4.96. The Morgan fingerprint density at radius 2 is 1.89 bits per heavy atom. The zero-order valence-electron chi connectivity index (χ0n) is 10.1. The lowest BCUT2D eigenvalue weighted by Gasteiger charge is -2.24. The maximum Gasteiger partial charge on any atom is 0.195 e. The molecule has 2 heterocycles. The van der Waals surface area contributed by atoms with E-state index in [9.17, 15) is 0 Å². The molecule has 1 fully saturated rings. The largest absolute Gasteiger partial charge is 0.317 e. The Morgan fingerprint density at radius 3 is 2.61 bits per heavy atom. The maximum atomic E-state index is 5.38. The number of hydrogen-bond donors (Lipinski definition) is 2. The zero-order valence-corrected chi connectivity index (χ0v) is 10.9. The highest BCUT2D eigenvalue weighted by atomic mass is 32.1. The van der Waals surface area contributed by atoms with Crippen molar-refractivity contribution in [3.63, 3.8) is 0 Å². The van der Waals surface area contributed by atoms with E-state index in [1.807, 2.05) is 18.2 Å². The van der Waals surface area contributed by atoms with E-state index < -0.39 is 0 Å². The van der Waals surface area contributed by atoms with Crippen molar-refractivity contribution >= 4 is 12.2 Å². The molecule has 0 aliphatic carbocycles. The summed E-state index contributed by atoms with van der Waals surface area (Å²) in [5, 5.41) is 10.7. The van der Waals surface area contributed by atoms with Crippen molar-refractivity contribution in [3.8, 4) is 11.4 Å². The predicted molar refractivity (Wildman–Crippen MR) is 74.0 cm³/mol. The van der Waals surface area contributed by atoms with E-state index in [1.54, 1.807) is 0 Å². The number of nitrogens with one attached hydrogen (secondary N) is 2. The summed E-state index contributed by atoms with van der Waals surface area (Å²) in [6.45, 7) is 2.09. The summed E-state index contributed by atoms with van der Waals surface area (Å²) >= 11 is 5.38. The number of aromatic nitrogens is 3. The van der Waals surface area contributed by atoms with Crippen LogP contribution in [0.4, 0.5) is 0 Å². The van der Waals surface area contributed by atoms with E-state index in [0.717, 1.165) is 42.1 Å². The molecule has 18 heavy (non-hydrogen) atoms. The van der Waals surface area contributed by atoms with Gasteiger partial charge in [-0.3, -0.25) is 9.67 Å². The first kappa shape index (κ1) is 11.6. The number of piperidine rings is 1. The molecule has 0 saturated carbocycles. The highest BCUT2D eigenvalue weighted by Crippen LogP contribution is 2.25. The normalized spacial score (nSPS) is 16.9. The Balaban J connectivity index is 2.03. The summed E-state index contributed by atoms with van der Waals surface area (Å²) in [4.78, 5) is 0. The van der Waals surface area contributed by atoms with Crippen molar-refractivity contribution in [3.05, 3.63) is 35.1 Å². The van der Waals surface area contributed by atoms with E-state index in [4.69, 9.17) is 12.2 Å². The van der Waals surface area contributed by atoms with Gasteiger partial charge < -0.3 is 5.32 Å². The third-order valence-corrected chi connectivity index (χ3v) is 3.70. The van der Waals surface area contributed by atoms with Gasteiger partial charge in [0.15, 0.2) is 10.6 Å². The van der Waals surface area contributed by atoms with Crippen LogP contribution in [0.2, 0.25) is 0 Å². The van der Waals surface area contributed by atoms with Crippen LogP contribution in [0.15, 0.2) is 30.3 Å². The van der Waals surface area contributed by atoms with Gasteiger partial charge in [0.05, 0.1) is 0 Å². The molecule has 2 N–H and O–H groups in total. The van der Waals surface area contributed by atoms with Crippen LogP contribution >= 0.6 is 12.2 Å². The number of benzene rings is 1. The number of H-pyrrole nitrogens is 1. The van der Waals surface area contributed by atoms with E-state index in [0.29, 0.717) is 6.04 Å². The van der Waals surface area contributed by atoms with Gasteiger partial charge in [0.25, 0.3) is 0 Å². The molecular formula is C13H16N4S. The molecular weight excluding hydrogens is 244 g/mol. The lowest BCUT2D eigenvalue weighted by Crippen LogP contribution is -2.29. The molecule has 0 unspecified atom stereocenters. The van der Waals surface area contributed by atoms with Crippen molar-refractivity contribution in [2.45, 2.75) is 18.9 Å². The van der Waals surface area contributed by atoms with Gasteiger partial charge in [-0.25, -0.2) is 0 Å². The molecule has 1 aliphatic heterocycles. The summed E-state index contributed by atoms with van der Waals surface area (Å²) < 4.78 is 2.90. The van der Waals surface area contributed by atoms with Crippen LogP contribution in [0.25, 0.3) is 11.4 Å². The van der Waals surface area contributed by atoms with Crippen LogP contribution in [0, 0.1) is 4.77 Å². The fourth-order valence-corrected chi connectivity index (χ4v) is 2.78. The molecule has 0 amide bonds. The Hall–Kier alpha value is -1.46. The van der Waals surface area contributed by atoms with E-state index >= 15 is 0 Å². The standard InChI is InChI=1S/C13H16N4S/c18-13-16-15-12(10-4-2-1-3-5-10)17(13)11-6-8-14-9-7-11/h1-5,11,14H,6-9H2,(H,16,18). The first-order valence-corrected chi connectivity index (χ1v) is 6.70. The second kappa shape index (κ2) is 5.04. The molecule has 4 nitrogen and oxygen atoms in total. The first-order valence-electron chi connectivity index (χ1n) is 6.29. The molecule has 2 aromatic rings. The molecule has 3 rings (SSSR count). The highest BCUT2D eigenvalue weighted by Gasteiger charge is 2.20. The topological polar surface area (TPSA) is 45.6 Å². The number of hydrogen-bond acceptors (Lipinski definition) is 3. The Morgan fingerprint density at radius 1 is 1.17 bits per heavy atom. The third kappa shape index (κ3) is 2.11. The van der Waals surface area contributed by atoms with Crippen molar-refractivity contribution in [1.29, 1.82) is 0 Å². The van der Waals surface area contributed by atoms with Crippen LogP contribution in [-0.4, -0.2) is 27.9 Å². The summed E-state index contributed by atoms with van der Waals surface area (Å²) in [6.07, 6.45) is 2.21. The number of aromatic amines is 1. The minimum absolute atomic E-state index is 0.452. The molecule has 0 spiro atoms. The van der Waals surface area contributed by atoms with Crippen LogP contribution < -0.4 is 5.32 Å². The van der Waals surface area contributed by atoms with Gasteiger partial charge in [0.1, 0.15) is 0 Å². The lowest BCUT2D eigenvalue weighted by atomic mass is 10.1. The van der Waals surface area contributed by atoms with E-state index in [1.165, 1.54) is 0 Å². The molecule has 94 valence electrons. The van der Waals surface area contributed by atoms with E-state index in [2.05, 4.69) is 32.2 Å². The maximum absolute atomic E-state index is 5.38. The van der Waals surface area contributed by atoms with Gasteiger partial charge in [-0.05, 0) is 38.1 Å². The zero-order chi connectivity index (χ0) is 12.4. The quantitative estimate of drug-likeness (QED) is 0.816. The van der Waals surface area contributed by atoms with Crippen molar-refractivity contribution < 1.29 is 0 Å². The molecule has 0 bridgehead atoms. The third-order valence-electron chi connectivity index (χ3n) is 3.41. The van der Waals surface area contributed by atoms with Crippen molar-refractivity contribution in [2.75, 3.05) is 13.1 Å². The monoisotopic (exact) mass is 260 g/mol. The molecule has 0 radical (unpaired) electrons. The van der Waals surface area contributed by atoms with Crippen LogP contribution in [-0.2, 0) is 0 Å². The Kier molecular flexibility index (Phi) is 3.25. The van der Waals surface area contributed by atoms with Gasteiger partial charge >= 0.3 is 0 Å². The minimum atomic E-state index is 0.452. The molecule has 1 aliphatic rings. The van der Waals surface area contributed by atoms with E-state index in [-0.39, 0.29) is 0 Å². The van der Waals surface area contributed by atoms with Crippen LogP contribution in [0.5, 0.6) is 0 Å². The Labute approximate surface area is 111 Å². The van der Waals surface area contributed by atoms with Crippen LogP contribution in [0.1, 0.15) is 18.9 Å². The summed E-state index contributed by atoms with van der Waals surface area (Å²) in [6, 6.07) is 10.7. The summed E-state index contributed by atoms with van der Waals surface area (Å²) in [7, 11) is 0. The van der Waals surface area contributed by atoms with Crippen molar-refractivity contribution in [1.82, 2.24) is 20.1 Å². The molecule has 1 aromatic carbocycles. The second-order valence-electron chi connectivity index (χ2n) is 4.57. The predicted octanol–water partition coefficient (Wildman–Crippen LogP) is 2.53. The smallest absolute Gasteiger partial charge is 0.195 e. The average Bonchev–Trinajstić information content (AvgIpc) is 2.83. The SMILES string of the molecule is S=c1[nH]nc(-c2ccccc2)n1C1CCNCC1. The minimum Gasteiger partial charge on any atom is -0.317 e. The van der Waals surface area contributed by atoms with Gasteiger partial charge in [-0.15, -0.1) is 0 Å². The summed E-state index contributed by atoms with van der Waals surface area (Å²) in [5.41, 5.74) is 1.11. The molecule has 5 heteroatoms.